The highest BCUT2D eigenvalue weighted by molar-refractivity contribution is 5.20. The van der Waals surface area contributed by atoms with Gasteiger partial charge in [0.15, 0.2) is 0 Å². The van der Waals surface area contributed by atoms with Crippen molar-refractivity contribution in [3.05, 3.63) is 35.6 Å². The van der Waals surface area contributed by atoms with Gasteiger partial charge in [0, 0.05) is 18.2 Å². The van der Waals surface area contributed by atoms with Crippen LogP contribution in [0.5, 0.6) is 0 Å². The van der Waals surface area contributed by atoms with Crippen LogP contribution in [0.2, 0.25) is 0 Å². The van der Waals surface area contributed by atoms with Crippen LogP contribution in [0.3, 0.4) is 0 Å². The minimum absolute atomic E-state index is 0.0336. The van der Waals surface area contributed by atoms with E-state index < -0.39 is 6.23 Å². The lowest BCUT2D eigenvalue weighted by Crippen LogP contribution is -2.32. The second kappa shape index (κ2) is 5.12. The summed E-state index contributed by atoms with van der Waals surface area (Å²) < 4.78 is 19.4. The van der Waals surface area contributed by atoms with Gasteiger partial charge in [-0.1, -0.05) is 18.2 Å². The zero-order chi connectivity index (χ0) is 12.4. The van der Waals surface area contributed by atoms with E-state index in [1.54, 1.807) is 18.2 Å². The molecule has 1 N–H and O–H groups in total. The number of nitrogens with zero attached hydrogens (tertiary/aromatic N) is 1. The third-order valence-electron chi connectivity index (χ3n) is 3.08. The number of rotatable bonds is 3. The quantitative estimate of drug-likeness (QED) is 0.874. The summed E-state index contributed by atoms with van der Waals surface area (Å²) in [5.41, 5.74) is 0.539. The molecule has 0 bridgehead atoms. The van der Waals surface area contributed by atoms with E-state index in [0.717, 1.165) is 0 Å². The van der Waals surface area contributed by atoms with Crippen molar-refractivity contribution >= 4 is 0 Å². The van der Waals surface area contributed by atoms with Crippen molar-refractivity contribution < 1.29 is 14.2 Å². The highest BCUT2D eigenvalue weighted by Crippen LogP contribution is 2.33. The Hall–Kier alpha value is -0.970. The van der Waals surface area contributed by atoms with Crippen molar-refractivity contribution in [1.29, 1.82) is 0 Å². The van der Waals surface area contributed by atoms with Crippen LogP contribution < -0.4 is 0 Å². The lowest BCUT2D eigenvalue weighted by atomic mass is 10.1. The standard InChI is InChI=1S/C13H18FNO2/c1-9(2)15-7-10(8-16)17-13(15)11-5-3-4-6-12(11)14/h3-6,9-10,13,16H,7-8H2,1-2H3. The van der Waals surface area contributed by atoms with Gasteiger partial charge in [-0.05, 0) is 19.9 Å². The van der Waals surface area contributed by atoms with Gasteiger partial charge in [0.05, 0.1) is 12.7 Å². The second-order valence-electron chi connectivity index (χ2n) is 4.61. The molecule has 0 radical (unpaired) electrons. The van der Waals surface area contributed by atoms with Gasteiger partial charge < -0.3 is 9.84 Å². The lowest BCUT2D eigenvalue weighted by molar-refractivity contribution is -0.0285. The summed E-state index contributed by atoms with van der Waals surface area (Å²) in [6.07, 6.45) is -0.629. The first-order valence-corrected chi connectivity index (χ1v) is 5.90. The van der Waals surface area contributed by atoms with Gasteiger partial charge in [0.1, 0.15) is 12.0 Å². The molecular weight excluding hydrogens is 221 g/mol. The summed E-state index contributed by atoms with van der Waals surface area (Å²) in [6.45, 7) is 4.68. The Balaban J connectivity index is 2.27. The molecule has 2 unspecified atom stereocenters. The van der Waals surface area contributed by atoms with Crippen LogP contribution >= 0.6 is 0 Å². The Morgan fingerprint density at radius 2 is 2.18 bits per heavy atom. The van der Waals surface area contributed by atoms with Crippen LogP contribution in [0.25, 0.3) is 0 Å². The topological polar surface area (TPSA) is 32.7 Å². The average molecular weight is 239 g/mol. The van der Waals surface area contributed by atoms with Crippen molar-refractivity contribution in [2.75, 3.05) is 13.2 Å². The fraction of sp³-hybridized carbons (Fsp3) is 0.538. The van der Waals surface area contributed by atoms with E-state index in [2.05, 4.69) is 4.90 Å². The van der Waals surface area contributed by atoms with Gasteiger partial charge in [0.2, 0.25) is 0 Å². The summed E-state index contributed by atoms with van der Waals surface area (Å²) >= 11 is 0. The molecule has 0 aliphatic carbocycles. The van der Waals surface area contributed by atoms with Crippen molar-refractivity contribution in [3.63, 3.8) is 0 Å². The summed E-state index contributed by atoms with van der Waals surface area (Å²) in [5, 5.41) is 9.15. The maximum Gasteiger partial charge on any atom is 0.140 e. The van der Waals surface area contributed by atoms with Crippen molar-refractivity contribution in [2.24, 2.45) is 0 Å². The number of aliphatic hydroxyl groups is 1. The van der Waals surface area contributed by atoms with Crippen molar-refractivity contribution in [3.8, 4) is 0 Å². The summed E-state index contributed by atoms with van der Waals surface area (Å²) in [7, 11) is 0. The van der Waals surface area contributed by atoms with Gasteiger partial charge in [0.25, 0.3) is 0 Å². The van der Waals surface area contributed by atoms with E-state index in [1.807, 2.05) is 13.8 Å². The van der Waals surface area contributed by atoms with Gasteiger partial charge >= 0.3 is 0 Å². The van der Waals surface area contributed by atoms with E-state index >= 15 is 0 Å². The number of ether oxygens (including phenoxy) is 1. The van der Waals surface area contributed by atoms with Crippen molar-refractivity contribution in [1.82, 2.24) is 4.90 Å². The Bertz CT molecular complexity index is 383. The highest BCUT2D eigenvalue weighted by Gasteiger charge is 2.36. The largest absolute Gasteiger partial charge is 0.394 e. The Morgan fingerprint density at radius 3 is 2.76 bits per heavy atom. The van der Waals surface area contributed by atoms with Crippen LogP contribution in [0.15, 0.2) is 24.3 Å². The maximum atomic E-state index is 13.7. The number of hydrogen-bond acceptors (Lipinski definition) is 3. The molecule has 1 aliphatic rings. The Labute approximate surface area is 101 Å². The van der Waals surface area contributed by atoms with Gasteiger partial charge in [-0.2, -0.15) is 0 Å². The summed E-state index contributed by atoms with van der Waals surface area (Å²) in [5.74, 6) is -0.262. The Kier molecular flexibility index (Phi) is 3.76. The van der Waals surface area contributed by atoms with Crippen molar-refractivity contribution in [2.45, 2.75) is 32.2 Å². The first kappa shape index (κ1) is 12.5. The van der Waals surface area contributed by atoms with E-state index in [1.165, 1.54) is 6.07 Å². The molecule has 2 atom stereocenters. The fourth-order valence-electron chi connectivity index (χ4n) is 2.14. The molecule has 1 aromatic carbocycles. The molecule has 1 fully saturated rings. The molecule has 0 saturated carbocycles. The van der Waals surface area contributed by atoms with Gasteiger partial charge in [-0.15, -0.1) is 0 Å². The summed E-state index contributed by atoms with van der Waals surface area (Å²) in [4.78, 5) is 2.05. The van der Waals surface area contributed by atoms with Gasteiger partial charge in [-0.3, -0.25) is 4.90 Å². The summed E-state index contributed by atoms with van der Waals surface area (Å²) in [6, 6.07) is 6.87. The highest BCUT2D eigenvalue weighted by atomic mass is 19.1. The third kappa shape index (κ3) is 2.49. The van der Waals surface area contributed by atoms with Crippen LogP contribution in [-0.4, -0.2) is 35.3 Å². The van der Waals surface area contributed by atoms with Gasteiger partial charge in [-0.25, -0.2) is 4.39 Å². The number of halogens is 1. The predicted octanol–water partition coefficient (Wildman–Crippen LogP) is 1.93. The molecule has 0 amide bonds. The molecule has 1 saturated heterocycles. The van der Waals surface area contributed by atoms with Crippen LogP contribution in [0, 0.1) is 5.82 Å². The minimum atomic E-state index is -0.395. The van der Waals surface area contributed by atoms with Crippen LogP contribution in [-0.2, 0) is 4.74 Å². The lowest BCUT2D eigenvalue weighted by Gasteiger charge is -2.26. The third-order valence-corrected chi connectivity index (χ3v) is 3.08. The zero-order valence-corrected chi connectivity index (χ0v) is 10.1. The Morgan fingerprint density at radius 1 is 1.47 bits per heavy atom. The van der Waals surface area contributed by atoms with E-state index in [9.17, 15) is 4.39 Å². The monoisotopic (exact) mass is 239 g/mol. The predicted molar refractivity (Wildman–Crippen MR) is 62.9 cm³/mol. The van der Waals surface area contributed by atoms with E-state index in [4.69, 9.17) is 9.84 Å². The fourth-order valence-corrected chi connectivity index (χ4v) is 2.14. The first-order valence-electron chi connectivity index (χ1n) is 5.90. The molecule has 1 aromatic rings. The molecule has 4 heteroatoms. The first-order chi connectivity index (χ1) is 8.13. The zero-order valence-electron chi connectivity index (χ0n) is 10.1. The smallest absolute Gasteiger partial charge is 0.140 e. The molecule has 94 valence electrons. The second-order valence-corrected chi connectivity index (χ2v) is 4.61. The number of hydrogen-bond donors (Lipinski definition) is 1. The van der Waals surface area contributed by atoms with Crippen LogP contribution in [0.4, 0.5) is 4.39 Å². The molecule has 3 nitrogen and oxygen atoms in total. The molecule has 0 spiro atoms. The van der Waals surface area contributed by atoms with E-state index in [-0.39, 0.29) is 24.6 Å². The minimum Gasteiger partial charge on any atom is -0.394 e. The molecular formula is C13H18FNO2. The van der Waals surface area contributed by atoms with Crippen LogP contribution in [0.1, 0.15) is 25.6 Å². The molecule has 2 rings (SSSR count). The normalized spacial score (nSPS) is 25.7. The van der Waals surface area contributed by atoms with E-state index in [0.29, 0.717) is 12.1 Å². The number of benzene rings is 1. The maximum absolute atomic E-state index is 13.7. The SMILES string of the molecule is CC(C)N1CC(CO)OC1c1ccccc1F. The average Bonchev–Trinajstić information content (AvgIpc) is 2.73. The molecule has 1 heterocycles. The molecule has 0 aromatic heterocycles. The number of aliphatic hydroxyl groups excluding tert-OH is 1. The molecule has 1 aliphatic heterocycles. The molecule has 17 heavy (non-hydrogen) atoms.